The summed E-state index contributed by atoms with van der Waals surface area (Å²) >= 11 is 0. The van der Waals surface area contributed by atoms with Crippen LogP contribution in [0.2, 0.25) is 0 Å². The molecule has 0 aliphatic heterocycles. The normalized spacial score (nSPS) is 10.0. The molecule has 8 heteroatoms. The fourth-order valence-electron chi connectivity index (χ4n) is 1.03. The van der Waals surface area contributed by atoms with Crippen LogP contribution in [0.1, 0.15) is 10.4 Å². The van der Waals surface area contributed by atoms with Gasteiger partial charge in [-0.3, -0.25) is 0 Å². The molecule has 18 heavy (non-hydrogen) atoms. The molecule has 96 valence electrons. The molecule has 1 aromatic rings. The standard InChI is InChI=1S/C10H4F4O4/c1-2-3(15)18-9-7(13)5(11)4(10(16)17)6(12)8(9)14/h2H,1H2,(H,16,17). The average molecular weight is 264 g/mol. The number of carbonyl (C=O) groups excluding carboxylic acids is 1. The molecule has 0 amide bonds. The first-order chi connectivity index (χ1) is 8.31. The van der Waals surface area contributed by atoms with E-state index in [0.717, 1.165) is 0 Å². The maximum absolute atomic E-state index is 13.2. The molecule has 1 N–H and O–H groups in total. The van der Waals surface area contributed by atoms with Crippen molar-refractivity contribution >= 4 is 11.9 Å². The second-order valence-electron chi connectivity index (χ2n) is 2.89. The number of aromatic carboxylic acids is 1. The van der Waals surface area contributed by atoms with Gasteiger partial charge in [0.2, 0.25) is 17.4 Å². The van der Waals surface area contributed by atoms with E-state index in [2.05, 4.69) is 11.3 Å². The molecule has 1 rings (SSSR count). The predicted molar refractivity (Wildman–Crippen MR) is 49.1 cm³/mol. The molecule has 0 spiro atoms. The Labute approximate surface area is 97.1 Å². The van der Waals surface area contributed by atoms with Crippen LogP contribution in [-0.2, 0) is 4.79 Å². The van der Waals surface area contributed by atoms with Crippen LogP contribution >= 0.6 is 0 Å². The topological polar surface area (TPSA) is 63.6 Å². The number of rotatable bonds is 3. The monoisotopic (exact) mass is 264 g/mol. The molecule has 0 unspecified atom stereocenters. The number of ether oxygens (including phenoxy) is 1. The third-order valence-electron chi connectivity index (χ3n) is 1.81. The molecule has 0 radical (unpaired) electrons. The van der Waals surface area contributed by atoms with E-state index in [1.54, 1.807) is 0 Å². The van der Waals surface area contributed by atoms with Crippen LogP contribution in [0.3, 0.4) is 0 Å². The van der Waals surface area contributed by atoms with Gasteiger partial charge >= 0.3 is 11.9 Å². The van der Waals surface area contributed by atoms with E-state index in [0.29, 0.717) is 6.08 Å². The van der Waals surface area contributed by atoms with E-state index < -0.39 is 46.5 Å². The van der Waals surface area contributed by atoms with Crippen molar-refractivity contribution in [2.45, 2.75) is 0 Å². The summed E-state index contributed by atoms with van der Waals surface area (Å²) in [6.45, 7) is 2.91. The van der Waals surface area contributed by atoms with Crippen molar-refractivity contribution in [1.82, 2.24) is 0 Å². The van der Waals surface area contributed by atoms with E-state index in [-0.39, 0.29) is 0 Å². The second-order valence-corrected chi connectivity index (χ2v) is 2.89. The van der Waals surface area contributed by atoms with Crippen molar-refractivity contribution in [3.8, 4) is 5.75 Å². The average Bonchev–Trinajstić information content (AvgIpc) is 2.31. The molecule has 1 aromatic carbocycles. The minimum absolute atomic E-state index is 0.500. The molecule has 0 atom stereocenters. The Morgan fingerprint density at radius 3 is 1.83 bits per heavy atom. The maximum Gasteiger partial charge on any atom is 0.341 e. The summed E-state index contributed by atoms with van der Waals surface area (Å²) in [5, 5.41) is 8.38. The van der Waals surface area contributed by atoms with Crippen LogP contribution in [-0.4, -0.2) is 17.0 Å². The second kappa shape index (κ2) is 4.86. The van der Waals surface area contributed by atoms with Crippen molar-refractivity contribution in [2.24, 2.45) is 0 Å². The smallest absolute Gasteiger partial charge is 0.341 e. The maximum atomic E-state index is 13.2. The highest BCUT2D eigenvalue weighted by atomic mass is 19.2. The van der Waals surface area contributed by atoms with Gasteiger partial charge in [0.05, 0.1) is 0 Å². The van der Waals surface area contributed by atoms with Crippen LogP contribution in [0, 0.1) is 23.3 Å². The molecule has 0 heterocycles. The summed E-state index contributed by atoms with van der Waals surface area (Å²) in [5.74, 6) is -13.8. The number of carboxylic acid groups (broad SMARTS) is 1. The largest absolute Gasteiger partial charge is 0.477 e. The highest BCUT2D eigenvalue weighted by Crippen LogP contribution is 2.30. The molecule has 0 bridgehead atoms. The molecular weight excluding hydrogens is 260 g/mol. The Kier molecular flexibility index (Phi) is 3.70. The van der Waals surface area contributed by atoms with Crippen molar-refractivity contribution < 1.29 is 37.0 Å². The molecule has 4 nitrogen and oxygen atoms in total. The Hall–Kier alpha value is -2.38. The molecule has 0 aliphatic rings. The van der Waals surface area contributed by atoms with Gasteiger partial charge in [-0.15, -0.1) is 0 Å². The zero-order valence-corrected chi connectivity index (χ0v) is 8.47. The summed E-state index contributed by atoms with van der Waals surface area (Å²) in [6.07, 6.45) is 0.500. The van der Waals surface area contributed by atoms with Crippen LogP contribution in [0.4, 0.5) is 17.6 Å². The van der Waals surface area contributed by atoms with Gasteiger partial charge in [0.15, 0.2) is 11.6 Å². The molecule has 0 aromatic heterocycles. The van der Waals surface area contributed by atoms with Crippen molar-refractivity contribution in [3.63, 3.8) is 0 Å². The number of halogens is 4. The lowest BCUT2D eigenvalue weighted by Crippen LogP contribution is -2.14. The lowest BCUT2D eigenvalue weighted by atomic mass is 10.1. The summed E-state index contributed by atoms with van der Waals surface area (Å²) in [7, 11) is 0. The van der Waals surface area contributed by atoms with Crippen molar-refractivity contribution in [3.05, 3.63) is 41.5 Å². The zero-order chi connectivity index (χ0) is 14.0. The van der Waals surface area contributed by atoms with Crippen LogP contribution in [0.15, 0.2) is 12.7 Å². The third-order valence-corrected chi connectivity index (χ3v) is 1.81. The molecule has 0 aliphatic carbocycles. The van der Waals surface area contributed by atoms with Gasteiger partial charge in [0.1, 0.15) is 5.56 Å². The Bertz CT molecular complexity index is 524. The summed E-state index contributed by atoms with van der Waals surface area (Å²) in [5.41, 5.74) is -1.82. The minimum Gasteiger partial charge on any atom is -0.477 e. The van der Waals surface area contributed by atoms with Gasteiger partial charge < -0.3 is 9.84 Å². The fourth-order valence-corrected chi connectivity index (χ4v) is 1.03. The number of hydrogen-bond donors (Lipinski definition) is 1. The van der Waals surface area contributed by atoms with Crippen LogP contribution in [0.5, 0.6) is 5.75 Å². The van der Waals surface area contributed by atoms with Gasteiger partial charge in [0.25, 0.3) is 0 Å². The van der Waals surface area contributed by atoms with E-state index in [1.807, 2.05) is 0 Å². The summed E-state index contributed by atoms with van der Waals surface area (Å²) < 4.78 is 56.6. The third kappa shape index (κ3) is 2.17. The summed E-state index contributed by atoms with van der Waals surface area (Å²) in [4.78, 5) is 21.1. The fraction of sp³-hybridized carbons (Fsp3) is 0. The molecule has 0 saturated heterocycles. The number of carbonyl (C=O) groups is 2. The van der Waals surface area contributed by atoms with E-state index in [4.69, 9.17) is 5.11 Å². The lowest BCUT2D eigenvalue weighted by Gasteiger charge is -2.08. The quantitative estimate of drug-likeness (QED) is 0.298. The highest BCUT2D eigenvalue weighted by Gasteiger charge is 2.31. The van der Waals surface area contributed by atoms with Crippen LogP contribution < -0.4 is 4.74 Å². The van der Waals surface area contributed by atoms with E-state index in [9.17, 15) is 27.2 Å². The zero-order valence-electron chi connectivity index (χ0n) is 8.47. The van der Waals surface area contributed by atoms with Crippen molar-refractivity contribution in [2.75, 3.05) is 0 Å². The Morgan fingerprint density at radius 2 is 1.50 bits per heavy atom. The first-order valence-corrected chi connectivity index (χ1v) is 4.24. The lowest BCUT2D eigenvalue weighted by molar-refractivity contribution is -0.129. The van der Waals surface area contributed by atoms with Crippen LogP contribution in [0.25, 0.3) is 0 Å². The van der Waals surface area contributed by atoms with Gasteiger partial charge in [-0.2, -0.15) is 8.78 Å². The van der Waals surface area contributed by atoms with E-state index in [1.165, 1.54) is 0 Å². The first kappa shape index (κ1) is 13.7. The first-order valence-electron chi connectivity index (χ1n) is 4.24. The molecule has 0 fully saturated rings. The number of benzene rings is 1. The summed E-state index contributed by atoms with van der Waals surface area (Å²) in [6, 6.07) is 0. The number of carboxylic acids is 1. The molecular formula is C10H4F4O4. The Balaban J connectivity index is 3.53. The SMILES string of the molecule is C=CC(=O)Oc1c(F)c(F)c(C(=O)O)c(F)c1F. The van der Waals surface area contributed by atoms with Gasteiger partial charge in [-0.05, 0) is 0 Å². The minimum atomic E-state index is -2.20. The van der Waals surface area contributed by atoms with Crippen molar-refractivity contribution in [1.29, 1.82) is 0 Å². The Morgan fingerprint density at radius 1 is 1.06 bits per heavy atom. The highest BCUT2D eigenvalue weighted by molar-refractivity contribution is 5.89. The van der Waals surface area contributed by atoms with Gasteiger partial charge in [0, 0.05) is 6.08 Å². The molecule has 0 saturated carbocycles. The van der Waals surface area contributed by atoms with E-state index >= 15 is 0 Å². The predicted octanol–water partition coefficient (Wildman–Crippen LogP) is 2.03. The van der Waals surface area contributed by atoms with Gasteiger partial charge in [-0.1, -0.05) is 6.58 Å². The number of esters is 1. The van der Waals surface area contributed by atoms with Gasteiger partial charge in [-0.25, -0.2) is 18.4 Å². The number of hydrogen-bond acceptors (Lipinski definition) is 3.